The van der Waals surface area contributed by atoms with Gasteiger partial charge in [-0.3, -0.25) is 0 Å². The number of nitrogens with zero attached hydrogens (tertiary/aromatic N) is 1. The van der Waals surface area contributed by atoms with Crippen molar-refractivity contribution in [3.05, 3.63) is 17.9 Å². The van der Waals surface area contributed by atoms with Crippen LogP contribution in [-0.4, -0.2) is 0 Å². The van der Waals surface area contributed by atoms with Gasteiger partial charge in [-0.2, -0.15) is 0 Å². The highest BCUT2D eigenvalue weighted by molar-refractivity contribution is 5.31. The number of aryl methyl sites for hydroxylation is 1. The lowest BCUT2D eigenvalue weighted by Gasteiger charge is -1.94. The predicted octanol–water partition coefficient (Wildman–Crippen LogP) is 2.71. The van der Waals surface area contributed by atoms with Crippen LogP contribution in [0.25, 0.3) is 0 Å². The Bertz CT molecular complexity index is 205. The van der Waals surface area contributed by atoms with Gasteiger partial charge in [0, 0.05) is 5.56 Å². The number of furan rings is 1. The summed E-state index contributed by atoms with van der Waals surface area (Å²) in [5.74, 6) is 0.0844. The van der Waals surface area contributed by atoms with E-state index < -0.39 is 0 Å². The molecule has 0 unspecified atom stereocenters. The summed E-state index contributed by atoms with van der Waals surface area (Å²) in [4.78, 5) is 0. The van der Waals surface area contributed by atoms with Crippen molar-refractivity contribution >= 4 is 5.88 Å². The second kappa shape index (κ2) is 4.06. The molecule has 0 bridgehead atoms. The van der Waals surface area contributed by atoms with Gasteiger partial charge >= 0.3 is 0 Å². The average molecular weight is 151 g/mol. The van der Waals surface area contributed by atoms with Gasteiger partial charge in [-0.25, -0.2) is 0 Å². The summed E-state index contributed by atoms with van der Waals surface area (Å²) < 4.78 is 4.75. The zero-order valence-corrected chi connectivity index (χ0v) is 6.84. The molecule has 2 radical (unpaired) electrons. The van der Waals surface area contributed by atoms with Crippen molar-refractivity contribution in [3.63, 3.8) is 0 Å². The molecule has 0 aliphatic carbocycles. The van der Waals surface area contributed by atoms with E-state index in [1.807, 2.05) is 6.07 Å². The quantitative estimate of drug-likeness (QED) is 0.609. The molecular weight excluding hydrogens is 138 g/mol. The second-order valence-corrected chi connectivity index (χ2v) is 2.71. The number of hydrogen-bond acceptors (Lipinski definition) is 1. The van der Waals surface area contributed by atoms with E-state index in [0.717, 1.165) is 18.4 Å². The maximum atomic E-state index is 9.08. The first kappa shape index (κ1) is 8.18. The topological polar surface area (TPSA) is 35.4 Å². The van der Waals surface area contributed by atoms with Crippen LogP contribution >= 0.6 is 0 Å². The SMILES string of the molecule is CCCCCc1ccoc1[N]. The van der Waals surface area contributed by atoms with Crippen molar-refractivity contribution in [2.45, 2.75) is 32.6 Å². The van der Waals surface area contributed by atoms with Crippen molar-refractivity contribution in [1.29, 1.82) is 0 Å². The molecule has 1 heterocycles. The summed E-state index contributed by atoms with van der Waals surface area (Å²) in [6, 6.07) is 1.82. The number of hydrogen-bond donors (Lipinski definition) is 0. The Morgan fingerprint density at radius 1 is 1.45 bits per heavy atom. The van der Waals surface area contributed by atoms with E-state index in [4.69, 9.17) is 10.2 Å². The molecule has 0 N–H and O–H groups in total. The molecule has 0 saturated heterocycles. The average Bonchev–Trinajstić information content (AvgIpc) is 2.37. The van der Waals surface area contributed by atoms with E-state index in [0.29, 0.717) is 0 Å². The van der Waals surface area contributed by atoms with Gasteiger partial charge in [0.05, 0.1) is 6.26 Å². The second-order valence-electron chi connectivity index (χ2n) is 2.71. The first-order chi connectivity index (χ1) is 5.34. The van der Waals surface area contributed by atoms with E-state index >= 15 is 0 Å². The maximum absolute atomic E-state index is 9.08. The van der Waals surface area contributed by atoms with Crippen molar-refractivity contribution in [2.24, 2.45) is 0 Å². The Balaban J connectivity index is 2.32. The Kier molecular flexibility index (Phi) is 3.02. The molecule has 1 aromatic rings. The van der Waals surface area contributed by atoms with Crippen LogP contribution in [0, 0.1) is 0 Å². The van der Waals surface area contributed by atoms with Gasteiger partial charge < -0.3 is 4.42 Å². The molecule has 0 aliphatic rings. The summed E-state index contributed by atoms with van der Waals surface area (Å²) in [5.41, 5.74) is 10.0. The minimum atomic E-state index is 0.0844. The van der Waals surface area contributed by atoms with Crippen LogP contribution < -0.4 is 5.73 Å². The van der Waals surface area contributed by atoms with Gasteiger partial charge in [-0.05, 0) is 18.9 Å². The summed E-state index contributed by atoms with van der Waals surface area (Å²) in [5, 5.41) is 0. The molecule has 1 aromatic heterocycles. The molecule has 0 aliphatic heterocycles. The fourth-order valence-corrected chi connectivity index (χ4v) is 1.08. The van der Waals surface area contributed by atoms with E-state index in [-0.39, 0.29) is 5.88 Å². The summed E-state index contributed by atoms with van der Waals surface area (Å²) >= 11 is 0. The monoisotopic (exact) mass is 151 g/mol. The third kappa shape index (κ3) is 2.30. The highest BCUT2D eigenvalue weighted by atomic mass is 16.3. The Labute approximate surface area is 67.4 Å². The molecule has 0 amide bonds. The molecule has 60 valence electrons. The highest BCUT2D eigenvalue weighted by Gasteiger charge is 2.02. The highest BCUT2D eigenvalue weighted by Crippen LogP contribution is 2.16. The van der Waals surface area contributed by atoms with Gasteiger partial charge in [-0.1, -0.05) is 19.8 Å². The Morgan fingerprint density at radius 2 is 2.27 bits per heavy atom. The molecule has 11 heavy (non-hydrogen) atoms. The normalized spacial score (nSPS) is 10.3. The van der Waals surface area contributed by atoms with Gasteiger partial charge in [0.2, 0.25) is 5.88 Å². The van der Waals surface area contributed by atoms with Crippen LogP contribution in [-0.2, 0) is 6.42 Å². The van der Waals surface area contributed by atoms with E-state index in [1.54, 1.807) is 0 Å². The van der Waals surface area contributed by atoms with E-state index in [2.05, 4.69) is 6.92 Å². The lowest BCUT2D eigenvalue weighted by atomic mass is 10.1. The summed E-state index contributed by atoms with van der Waals surface area (Å²) in [6.45, 7) is 2.16. The fourth-order valence-electron chi connectivity index (χ4n) is 1.08. The summed E-state index contributed by atoms with van der Waals surface area (Å²) in [7, 11) is 0. The Hall–Kier alpha value is -0.920. The summed E-state index contributed by atoms with van der Waals surface area (Å²) in [6.07, 6.45) is 6.00. The van der Waals surface area contributed by atoms with Crippen molar-refractivity contribution < 1.29 is 4.42 Å². The van der Waals surface area contributed by atoms with E-state index in [1.165, 1.54) is 19.1 Å². The Morgan fingerprint density at radius 3 is 2.82 bits per heavy atom. The smallest absolute Gasteiger partial charge is 0.241 e. The van der Waals surface area contributed by atoms with Crippen LogP contribution in [0.4, 0.5) is 5.88 Å². The molecule has 0 aromatic carbocycles. The maximum Gasteiger partial charge on any atom is 0.241 e. The third-order valence-electron chi connectivity index (χ3n) is 1.77. The lowest BCUT2D eigenvalue weighted by Crippen LogP contribution is -1.83. The van der Waals surface area contributed by atoms with E-state index in [9.17, 15) is 0 Å². The standard InChI is InChI=1S/C9H13NO/c1-2-3-4-5-8-6-7-11-9(8)10/h6-7H,2-5H2,1H3. The zero-order chi connectivity index (χ0) is 8.10. The largest absolute Gasteiger partial charge is 0.445 e. The van der Waals surface area contributed by atoms with Gasteiger partial charge in [0.15, 0.2) is 0 Å². The molecule has 0 atom stereocenters. The fraction of sp³-hybridized carbons (Fsp3) is 0.556. The first-order valence-corrected chi connectivity index (χ1v) is 4.10. The van der Waals surface area contributed by atoms with Crippen molar-refractivity contribution in [3.8, 4) is 0 Å². The van der Waals surface area contributed by atoms with Crippen LogP contribution in [0.3, 0.4) is 0 Å². The molecule has 0 saturated carbocycles. The number of rotatable bonds is 4. The number of unbranched alkanes of at least 4 members (excludes halogenated alkanes) is 2. The van der Waals surface area contributed by atoms with Gasteiger partial charge in [0.1, 0.15) is 0 Å². The molecular formula is C9H13NO. The van der Waals surface area contributed by atoms with Crippen LogP contribution in [0.1, 0.15) is 31.7 Å². The lowest BCUT2D eigenvalue weighted by molar-refractivity contribution is 0.569. The van der Waals surface area contributed by atoms with Crippen LogP contribution in [0.2, 0.25) is 0 Å². The minimum absolute atomic E-state index is 0.0844. The molecule has 0 fully saturated rings. The van der Waals surface area contributed by atoms with Crippen LogP contribution in [0.15, 0.2) is 16.7 Å². The molecule has 2 nitrogen and oxygen atoms in total. The first-order valence-electron chi connectivity index (χ1n) is 4.10. The van der Waals surface area contributed by atoms with Crippen molar-refractivity contribution in [1.82, 2.24) is 5.73 Å². The van der Waals surface area contributed by atoms with Crippen molar-refractivity contribution in [2.75, 3.05) is 0 Å². The zero-order valence-electron chi connectivity index (χ0n) is 6.84. The molecule has 2 heteroatoms. The van der Waals surface area contributed by atoms with Crippen LogP contribution in [0.5, 0.6) is 0 Å². The predicted molar refractivity (Wildman–Crippen MR) is 43.7 cm³/mol. The van der Waals surface area contributed by atoms with Gasteiger partial charge in [-0.15, -0.1) is 5.73 Å². The third-order valence-corrected chi connectivity index (χ3v) is 1.77. The molecule has 1 rings (SSSR count). The minimum Gasteiger partial charge on any atom is -0.445 e. The van der Waals surface area contributed by atoms with Gasteiger partial charge in [0.25, 0.3) is 0 Å². The molecule has 0 spiro atoms.